The van der Waals surface area contributed by atoms with E-state index in [0.29, 0.717) is 11.3 Å². The molecule has 2 aromatic carbocycles. The Balaban J connectivity index is 2.30. The smallest absolute Gasteiger partial charge is 0.270 e. The van der Waals surface area contributed by atoms with Crippen LogP contribution in [0.1, 0.15) is 24.1 Å². The van der Waals surface area contributed by atoms with E-state index in [2.05, 4.69) is 4.72 Å². The van der Waals surface area contributed by atoms with E-state index in [9.17, 15) is 18.5 Å². The Labute approximate surface area is 140 Å². The van der Waals surface area contributed by atoms with E-state index in [4.69, 9.17) is 4.74 Å². The minimum Gasteiger partial charge on any atom is -0.497 e. The van der Waals surface area contributed by atoms with Crippen LogP contribution in [0.5, 0.6) is 5.75 Å². The number of nitrogens with zero attached hydrogens (tertiary/aromatic N) is 1. The molecule has 1 atom stereocenters. The molecule has 0 unspecified atom stereocenters. The average molecular weight is 350 g/mol. The van der Waals surface area contributed by atoms with Gasteiger partial charge in [0.1, 0.15) is 5.75 Å². The summed E-state index contributed by atoms with van der Waals surface area (Å²) in [4.78, 5) is 10.2. The van der Waals surface area contributed by atoms with Crippen LogP contribution in [0, 0.1) is 17.0 Å². The summed E-state index contributed by atoms with van der Waals surface area (Å²) in [6.45, 7) is 3.29. The van der Waals surface area contributed by atoms with Crippen LogP contribution >= 0.6 is 0 Å². The zero-order chi connectivity index (χ0) is 17.9. The molecule has 24 heavy (non-hydrogen) atoms. The molecular weight excluding hydrogens is 332 g/mol. The number of methoxy groups -OCH3 is 1. The van der Waals surface area contributed by atoms with Crippen LogP contribution in [0.15, 0.2) is 47.4 Å². The van der Waals surface area contributed by atoms with Crippen molar-refractivity contribution in [3.05, 3.63) is 63.7 Å². The molecule has 0 aliphatic heterocycles. The van der Waals surface area contributed by atoms with Crippen molar-refractivity contribution in [1.29, 1.82) is 0 Å². The predicted octanol–water partition coefficient (Wildman–Crippen LogP) is 2.95. The first-order valence-electron chi connectivity index (χ1n) is 7.16. The number of ether oxygens (including phenoxy) is 1. The molecule has 8 heteroatoms. The van der Waals surface area contributed by atoms with E-state index in [-0.39, 0.29) is 10.6 Å². The van der Waals surface area contributed by atoms with Gasteiger partial charge in [0.15, 0.2) is 0 Å². The lowest BCUT2D eigenvalue weighted by atomic mass is 10.1. The highest BCUT2D eigenvalue weighted by Crippen LogP contribution is 2.24. The minimum absolute atomic E-state index is 0.0999. The number of aryl methyl sites for hydroxylation is 1. The normalized spacial score (nSPS) is 12.6. The van der Waals surface area contributed by atoms with E-state index >= 15 is 0 Å². The lowest BCUT2D eigenvalue weighted by molar-refractivity contribution is -0.385. The third-order valence-corrected chi connectivity index (χ3v) is 5.30. The number of nitro benzene ring substituents is 1. The summed E-state index contributed by atoms with van der Waals surface area (Å²) in [7, 11) is -2.35. The van der Waals surface area contributed by atoms with Crippen LogP contribution in [0.3, 0.4) is 0 Å². The SMILES string of the molecule is COc1ccc([C@H](C)NS(=O)(=O)c2cc([N+](=O)[O-])ccc2C)cc1. The van der Waals surface area contributed by atoms with Crippen LogP contribution in [0.25, 0.3) is 0 Å². The Hall–Kier alpha value is -2.45. The molecule has 0 aliphatic carbocycles. The van der Waals surface area contributed by atoms with Crippen molar-refractivity contribution in [2.45, 2.75) is 24.8 Å². The van der Waals surface area contributed by atoms with Gasteiger partial charge in [-0.2, -0.15) is 0 Å². The van der Waals surface area contributed by atoms with Gasteiger partial charge in [0.2, 0.25) is 10.0 Å². The monoisotopic (exact) mass is 350 g/mol. The van der Waals surface area contributed by atoms with Gasteiger partial charge in [-0.3, -0.25) is 10.1 Å². The van der Waals surface area contributed by atoms with Crippen molar-refractivity contribution in [2.24, 2.45) is 0 Å². The van der Waals surface area contributed by atoms with Gasteiger partial charge in [-0.15, -0.1) is 0 Å². The minimum atomic E-state index is -3.90. The third kappa shape index (κ3) is 3.90. The van der Waals surface area contributed by atoms with Crippen LogP contribution in [-0.2, 0) is 10.0 Å². The molecule has 1 N–H and O–H groups in total. The highest BCUT2D eigenvalue weighted by Gasteiger charge is 2.23. The molecule has 0 bridgehead atoms. The van der Waals surface area contributed by atoms with Gasteiger partial charge in [-0.05, 0) is 37.1 Å². The largest absolute Gasteiger partial charge is 0.497 e. The first-order valence-corrected chi connectivity index (χ1v) is 8.64. The fourth-order valence-electron chi connectivity index (χ4n) is 2.25. The molecule has 0 aromatic heterocycles. The number of hydrogen-bond donors (Lipinski definition) is 1. The first-order chi connectivity index (χ1) is 11.2. The summed E-state index contributed by atoms with van der Waals surface area (Å²) in [5, 5.41) is 10.9. The van der Waals surface area contributed by atoms with E-state index in [1.807, 2.05) is 0 Å². The second-order valence-corrected chi connectivity index (χ2v) is 7.01. The van der Waals surface area contributed by atoms with Gasteiger partial charge in [0.05, 0.1) is 16.9 Å². The van der Waals surface area contributed by atoms with Crippen LogP contribution in [0.2, 0.25) is 0 Å². The zero-order valence-corrected chi connectivity index (χ0v) is 14.3. The molecular formula is C16H18N2O5S. The van der Waals surface area contributed by atoms with E-state index < -0.39 is 21.0 Å². The lowest BCUT2D eigenvalue weighted by Gasteiger charge is -2.16. The number of nitro groups is 1. The molecule has 0 heterocycles. The number of sulfonamides is 1. The highest BCUT2D eigenvalue weighted by atomic mass is 32.2. The van der Waals surface area contributed by atoms with Crippen molar-refractivity contribution in [3.63, 3.8) is 0 Å². The quantitative estimate of drug-likeness (QED) is 0.638. The maximum atomic E-state index is 12.6. The molecule has 0 radical (unpaired) electrons. The number of nitrogens with one attached hydrogen (secondary N) is 1. The summed E-state index contributed by atoms with van der Waals surface area (Å²) in [5.74, 6) is 0.670. The van der Waals surface area contributed by atoms with Crippen molar-refractivity contribution >= 4 is 15.7 Å². The second kappa shape index (κ2) is 6.98. The Bertz CT molecular complexity index is 847. The first kappa shape index (κ1) is 17.9. The zero-order valence-electron chi connectivity index (χ0n) is 13.5. The van der Waals surface area contributed by atoms with Gasteiger partial charge in [0.25, 0.3) is 5.69 Å². The van der Waals surface area contributed by atoms with Gasteiger partial charge in [0, 0.05) is 18.2 Å². The summed E-state index contributed by atoms with van der Waals surface area (Å²) in [6.07, 6.45) is 0. The fourth-order valence-corrected chi connectivity index (χ4v) is 3.75. The summed E-state index contributed by atoms with van der Waals surface area (Å²) < 4.78 is 32.8. The predicted molar refractivity (Wildman–Crippen MR) is 89.6 cm³/mol. The average Bonchev–Trinajstić information content (AvgIpc) is 2.54. The van der Waals surface area contributed by atoms with E-state index in [1.165, 1.54) is 12.1 Å². The summed E-state index contributed by atoms with van der Waals surface area (Å²) >= 11 is 0. The topological polar surface area (TPSA) is 98.5 Å². The number of hydrogen-bond acceptors (Lipinski definition) is 5. The molecule has 128 valence electrons. The van der Waals surface area contributed by atoms with Crippen molar-refractivity contribution in [2.75, 3.05) is 7.11 Å². The molecule has 2 aromatic rings. The van der Waals surface area contributed by atoms with Crippen molar-refractivity contribution < 1.29 is 18.1 Å². The fraction of sp³-hybridized carbons (Fsp3) is 0.250. The molecule has 0 aliphatic rings. The maximum absolute atomic E-state index is 12.6. The Morgan fingerprint density at radius 3 is 2.33 bits per heavy atom. The molecule has 0 spiro atoms. The Morgan fingerprint density at radius 2 is 1.79 bits per heavy atom. The summed E-state index contributed by atoms with van der Waals surface area (Å²) in [6, 6.07) is 10.3. The lowest BCUT2D eigenvalue weighted by Crippen LogP contribution is -2.27. The summed E-state index contributed by atoms with van der Waals surface area (Å²) in [5.41, 5.74) is 0.926. The molecule has 0 saturated heterocycles. The molecule has 2 rings (SSSR count). The molecule has 0 fully saturated rings. The Morgan fingerprint density at radius 1 is 1.17 bits per heavy atom. The molecule has 0 saturated carbocycles. The van der Waals surface area contributed by atoms with Crippen LogP contribution in [-0.4, -0.2) is 20.5 Å². The molecule has 0 amide bonds. The number of rotatable bonds is 6. The number of benzene rings is 2. The van der Waals surface area contributed by atoms with Gasteiger partial charge in [-0.1, -0.05) is 18.2 Å². The van der Waals surface area contributed by atoms with E-state index in [1.54, 1.807) is 45.2 Å². The van der Waals surface area contributed by atoms with Gasteiger partial charge >= 0.3 is 0 Å². The van der Waals surface area contributed by atoms with Gasteiger partial charge in [-0.25, -0.2) is 13.1 Å². The maximum Gasteiger partial charge on any atom is 0.270 e. The second-order valence-electron chi connectivity index (χ2n) is 5.32. The van der Waals surface area contributed by atoms with Crippen molar-refractivity contribution in [1.82, 2.24) is 4.72 Å². The Kier molecular flexibility index (Phi) is 5.20. The van der Waals surface area contributed by atoms with Crippen LogP contribution in [0.4, 0.5) is 5.69 Å². The third-order valence-electron chi connectivity index (χ3n) is 3.62. The standard InChI is InChI=1S/C16H18N2O5S/c1-11-4-7-14(18(19)20)10-16(11)24(21,22)17-12(2)13-5-8-15(23-3)9-6-13/h4-10,12,17H,1-3H3/t12-/m0/s1. The van der Waals surface area contributed by atoms with Gasteiger partial charge < -0.3 is 4.74 Å². The highest BCUT2D eigenvalue weighted by molar-refractivity contribution is 7.89. The van der Waals surface area contributed by atoms with Crippen LogP contribution < -0.4 is 9.46 Å². The molecule has 7 nitrogen and oxygen atoms in total. The number of non-ortho nitro benzene ring substituents is 1. The van der Waals surface area contributed by atoms with E-state index in [0.717, 1.165) is 11.6 Å². The van der Waals surface area contributed by atoms with Crippen molar-refractivity contribution in [3.8, 4) is 5.75 Å².